The average molecular weight is 526 g/mol. The minimum absolute atomic E-state index is 0.0188. The first kappa shape index (κ1) is 27.0. The first-order valence-electron chi connectivity index (χ1n) is 11.5. The largest absolute Gasteiger partial charge is 0.370 e. The third-order valence-corrected chi connectivity index (χ3v) is 6.06. The molecule has 0 spiro atoms. The minimum atomic E-state index is -0.780. The van der Waals surface area contributed by atoms with Gasteiger partial charge in [0.1, 0.15) is 6.04 Å². The quantitative estimate of drug-likeness (QED) is 0.172. The van der Waals surface area contributed by atoms with Crippen LogP contribution in [0.1, 0.15) is 35.4 Å². The van der Waals surface area contributed by atoms with Gasteiger partial charge < -0.3 is 22.1 Å². The molecule has 0 aliphatic rings. The topological polar surface area (TPSA) is 123 Å². The van der Waals surface area contributed by atoms with Crippen LogP contribution in [0, 0.1) is 0 Å². The molecule has 0 aliphatic heterocycles. The fraction of sp³-hybridized carbons (Fsp3) is 0.222. The summed E-state index contributed by atoms with van der Waals surface area (Å²) >= 11 is 12.1. The lowest BCUT2D eigenvalue weighted by Gasteiger charge is -2.23. The van der Waals surface area contributed by atoms with Gasteiger partial charge in [-0.05, 0) is 53.8 Å². The summed E-state index contributed by atoms with van der Waals surface area (Å²) in [6, 6.07) is 22.9. The summed E-state index contributed by atoms with van der Waals surface area (Å²) in [5.41, 5.74) is 13.3. The monoisotopic (exact) mass is 525 g/mol. The fourth-order valence-corrected chi connectivity index (χ4v) is 3.99. The number of rotatable bonds is 11. The zero-order chi connectivity index (χ0) is 25.9. The van der Waals surface area contributed by atoms with Crippen LogP contribution in [0.25, 0.3) is 0 Å². The number of hydrogen-bond acceptors (Lipinski definition) is 3. The SMILES string of the molecule is NC(N)=NCCC[C@@H](NC(=O)C(c1ccc(Cl)cc1)c1ccc(Cl)cc1)C(=O)NCc1ccccc1. The molecule has 2 amide bonds. The van der Waals surface area contributed by atoms with Gasteiger partial charge in [0.25, 0.3) is 0 Å². The highest BCUT2D eigenvalue weighted by Gasteiger charge is 2.28. The Hall–Kier alpha value is -3.55. The number of carbonyl (C=O) groups excluding carboxylic acids is 2. The van der Waals surface area contributed by atoms with Crippen LogP contribution in [0.2, 0.25) is 10.0 Å². The second-order valence-electron chi connectivity index (χ2n) is 8.25. The van der Waals surface area contributed by atoms with Crippen LogP contribution >= 0.6 is 23.2 Å². The van der Waals surface area contributed by atoms with Crippen LogP contribution in [-0.2, 0) is 16.1 Å². The fourth-order valence-electron chi connectivity index (χ4n) is 3.74. The van der Waals surface area contributed by atoms with Gasteiger partial charge in [-0.15, -0.1) is 0 Å². The molecule has 0 aliphatic carbocycles. The highest BCUT2D eigenvalue weighted by atomic mass is 35.5. The summed E-state index contributed by atoms with van der Waals surface area (Å²) in [5.74, 6) is -1.29. The smallest absolute Gasteiger partial charge is 0.242 e. The van der Waals surface area contributed by atoms with Gasteiger partial charge in [0.2, 0.25) is 11.8 Å². The van der Waals surface area contributed by atoms with Crippen LogP contribution < -0.4 is 22.1 Å². The molecule has 0 fully saturated rings. The van der Waals surface area contributed by atoms with Crippen LogP contribution in [0.4, 0.5) is 0 Å². The molecule has 6 N–H and O–H groups in total. The van der Waals surface area contributed by atoms with Crippen molar-refractivity contribution in [1.29, 1.82) is 0 Å². The number of carbonyl (C=O) groups is 2. The third kappa shape index (κ3) is 8.29. The van der Waals surface area contributed by atoms with Crippen molar-refractivity contribution in [1.82, 2.24) is 10.6 Å². The summed E-state index contributed by atoms with van der Waals surface area (Å²) in [4.78, 5) is 30.7. The molecule has 9 heteroatoms. The van der Waals surface area contributed by atoms with Crippen molar-refractivity contribution < 1.29 is 9.59 Å². The van der Waals surface area contributed by atoms with E-state index in [0.29, 0.717) is 36.0 Å². The Labute approximate surface area is 220 Å². The van der Waals surface area contributed by atoms with Crippen molar-refractivity contribution in [2.75, 3.05) is 6.54 Å². The first-order valence-corrected chi connectivity index (χ1v) is 12.3. The van der Waals surface area contributed by atoms with E-state index in [4.69, 9.17) is 34.7 Å². The predicted molar refractivity (Wildman–Crippen MR) is 145 cm³/mol. The van der Waals surface area contributed by atoms with E-state index in [9.17, 15) is 9.59 Å². The Kier molecular flexibility index (Phi) is 10.2. The van der Waals surface area contributed by atoms with E-state index in [-0.39, 0.29) is 17.8 Å². The van der Waals surface area contributed by atoms with Gasteiger partial charge in [0.05, 0.1) is 5.92 Å². The second-order valence-corrected chi connectivity index (χ2v) is 9.12. The number of guanidine groups is 1. The summed E-state index contributed by atoms with van der Waals surface area (Å²) < 4.78 is 0. The Morgan fingerprint density at radius 3 is 1.89 bits per heavy atom. The van der Waals surface area contributed by atoms with Crippen LogP contribution in [0.5, 0.6) is 0 Å². The number of halogens is 2. The summed E-state index contributed by atoms with van der Waals surface area (Å²) in [5, 5.41) is 6.98. The van der Waals surface area contributed by atoms with Crippen molar-refractivity contribution in [2.24, 2.45) is 16.5 Å². The number of amides is 2. The molecule has 0 unspecified atom stereocenters. The molecule has 3 rings (SSSR count). The third-order valence-electron chi connectivity index (χ3n) is 5.56. The summed E-state index contributed by atoms with van der Waals surface area (Å²) in [6.07, 6.45) is 0.866. The van der Waals surface area contributed by atoms with Crippen LogP contribution in [-0.4, -0.2) is 30.4 Å². The molecule has 0 radical (unpaired) electrons. The van der Waals surface area contributed by atoms with E-state index in [2.05, 4.69) is 15.6 Å². The van der Waals surface area contributed by atoms with Gasteiger partial charge in [-0.2, -0.15) is 0 Å². The molecule has 7 nitrogen and oxygen atoms in total. The Morgan fingerprint density at radius 1 is 0.806 bits per heavy atom. The second kappa shape index (κ2) is 13.5. The van der Waals surface area contributed by atoms with Gasteiger partial charge in [0.15, 0.2) is 5.96 Å². The summed E-state index contributed by atoms with van der Waals surface area (Å²) in [6.45, 7) is 0.691. The highest BCUT2D eigenvalue weighted by molar-refractivity contribution is 6.30. The van der Waals surface area contributed by atoms with E-state index in [0.717, 1.165) is 16.7 Å². The maximum absolute atomic E-state index is 13.6. The predicted octanol–water partition coefficient (Wildman–Crippen LogP) is 3.98. The molecule has 36 heavy (non-hydrogen) atoms. The van der Waals surface area contributed by atoms with Gasteiger partial charge in [0, 0.05) is 23.1 Å². The molecule has 3 aromatic carbocycles. The molecule has 0 aromatic heterocycles. The molecule has 0 bridgehead atoms. The zero-order valence-corrected chi connectivity index (χ0v) is 21.2. The Bertz CT molecular complexity index is 1120. The van der Waals surface area contributed by atoms with Crippen molar-refractivity contribution in [3.05, 3.63) is 106 Å². The van der Waals surface area contributed by atoms with E-state index < -0.39 is 12.0 Å². The van der Waals surface area contributed by atoms with E-state index >= 15 is 0 Å². The number of aliphatic imine (C=N–C) groups is 1. The lowest BCUT2D eigenvalue weighted by molar-refractivity contribution is -0.129. The van der Waals surface area contributed by atoms with Crippen molar-refractivity contribution in [3.8, 4) is 0 Å². The van der Waals surface area contributed by atoms with E-state index in [1.807, 2.05) is 30.3 Å². The first-order chi connectivity index (χ1) is 17.3. The number of benzene rings is 3. The lowest BCUT2D eigenvalue weighted by atomic mass is 9.90. The molecule has 3 aromatic rings. The van der Waals surface area contributed by atoms with Crippen LogP contribution in [0.3, 0.4) is 0 Å². The van der Waals surface area contributed by atoms with Gasteiger partial charge in [-0.3, -0.25) is 14.6 Å². The normalized spacial score (nSPS) is 11.5. The highest BCUT2D eigenvalue weighted by Crippen LogP contribution is 2.27. The molecule has 188 valence electrons. The number of hydrogen-bond donors (Lipinski definition) is 4. The molecular weight excluding hydrogens is 497 g/mol. The molecule has 0 heterocycles. The lowest BCUT2D eigenvalue weighted by Crippen LogP contribution is -2.48. The molecule has 1 atom stereocenters. The van der Waals surface area contributed by atoms with E-state index in [1.54, 1.807) is 48.5 Å². The van der Waals surface area contributed by atoms with Gasteiger partial charge in [-0.1, -0.05) is 77.8 Å². The maximum atomic E-state index is 13.6. The van der Waals surface area contributed by atoms with Crippen molar-refractivity contribution >= 4 is 41.0 Å². The average Bonchev–Trinajstić information content (AvgIpc) is 2.87. The maximum Gasteiger partial charge on any atom is 0.242 e. The minimum Gasteiger partial charge on any atom is -0.370 e. The molecule has 0 saturated carbocycles. The van der Waals surface area contributed by atoms with E-state index in [1.165, 1.54) is 0 Å². The number of nitrogens with two attached hydrogens (primary N) is 2. The number of nitrogens with zero attached hydrogens (tertiary/aromatic N) is 1. The molecule has 0 saturated heterocycles. The van der Waals surface area contributed by atoms with Crippen molar-refractivity contribution in [3.63, 3.8) is 0 Å². The van der Waals surface area contributed by atoms with Crippen LogP contribution in [0.15, 0.2) is 83.9 Å². The molecular formula is C27H29Cl2N5O2. The Balaban J connectivity index is 1.81. The van der Waals surface area contributed by atoms with Crippen molar-refractivity contribution in [2.45, 2.75) is 31.3 Å². The summed E-state index contributed by atoms with van der Waals surface area (Å²) in [7, 11) is 0. The van der Waals surface area contributed by atoms with Gasteiger partial charge >= 0.3 is 0 Å². The zero-order valence-electron chi connectivity index (χ0n) is 19.7. The number of nitrogens with one attached hydrogen (secondary N) is 2. The Morgan fingerprint density at radius 2 is 1.36 bits per heavy atom. The standard InChI is InChI=1S/C27H29Cl2N5O2/c28-21-12-8-19(9-13-21)24(20-10-14-22(29)15-11-20)26(36)34-23(7-4-16-32-27(30)31)25(35)33-17-18-5-2-1-3-6-18/h1-3,5-6,8-15,23-24H,4,7,16-17H2,(H,33,35)(H,34,36)(H4,30,31,32)/t23-/m1/s1. The van der Waals surface area contributed by atoms with Gasteiger partial charge in [-0.25, -0.2) is 0 Å².